The first-order valence-corrected chi connectivity index (χ1v) is 9.52. The molecular weight excluding hydrogens is 349 g/mol. The summed E-state index contributed by atoms with van der Waals surface area (Å²) in [6.45, 7) is 7.25. The van der Waals surface area contributed by atoms with Gasteiger partial charge in [0.2, 0.25) is 0 Å². The Labute approximate surface area is 160 Å². The van der Waals surface area contributed by atoms with Crippen molar-refractivity contribution in [2.24, 2.45) is 11.7 Å². The van der Waals surface area contributed by atoms with Gasteiger partial charge in [0.1, 0.15) is 16.8 Å². The maximum absolute atomic E-state index is 14.2. The first kappa shape index (κ1) is 21.4. The van der Waals surface area contributed by atoms with Gasteiger partial charge in [0, 0.05) is 12.1 Å². The van der Waals surface area contributed by atoms with Crippen LogP contribution < -0.4 is 5.73 Å². The number of nitrogens with two attached hydrogens (primary N) is 1. The number of aliphatic carboxylic acids is 1. The van der Waals surface area contributed by atoms with Crippen LogP contribution in [0.25, 0.3) is 0 Å². The third kappa shape index (κ3) is 4.32. The Morgan fingerprint density at radius 1 is 1.37 bits per heavy atom. The minimum Gasteiger partial charge on any atom is -0.481 e. The number of hydrogen-bond donors (Lipinski definition) is 2. The number of benzene rings is 1. The number of rotatable bonds is 7. The van der Waals surface area contributed by atoms with Crippen molar-refractivity contribution >= 4 is 11.9 Å². The van der Waals surface area contributed by atoms with Crippen LogP contribution in [0.1, 0.15) is 70.1 Å². The molecule has 0 aliphatic heterocycles. The maximum atomic E-state index is 14.2. The molecule has 1 aromatic rings. The quantitative estimate of drug-likeness (QED) is 0.705. The normalized spacial score (nSPS) is 21.8. The molecule has 1 aromatic carbocycles. The van der Waals surface area contributed by atoms with E-state index in [0.717, 1.165) is 12.8 Å². The molecule has 0 saturated carbocycles. The van der Waals surface area contributed by atoms with Gasteiger partial charge in [-0.05, 0) is 56.7 Å². The fraction of sp³-hybridized carbons (Fsp3) is 0.619. The molecule has 0 spiro atoms. The summed E-state index contributed by atoms with van der Waals surface area (Å²) in [6, 6.07) is 2.92. The minimum atomic E-state index is -1.41. The number of halogens is 1. The average Bonchev–Trinajstić information content (AvgIpc) is 2.83. The molecule has 0 radical (unpaired) electrons. The first-order chi connectivity index (χ1) is 12.5. The second-order valence-corrected chi connectivity index (χ2v) is 8.39. The molecule has 2 atom stereocenters. The van der Waals surface area contributed by atoms with Gasteiger partial charge in [-0.1, -0.05) is 25.8 Å². The molecule has 1 aliphatic carbocycles. The van der Waals surface area contributed by atoms with E-state index in [-0.39, 0.29) is 24.4 Å². The molecule has 0 amide bonds. The van der Waals surface area contributed by atoms with E-state index in [1.165, 1.54) is 12.1 Å². The van der Waals surface area contributed by atoms with E-state index in [4.69, 9.17) is 10.5 Å². The minimum absolute atomic E-state index is 0.0269. The topological polar surface area (TPSA) is 89.6 Å². The molecule has 0 aromatic heterocycles. The van der Waals surface area contributed by atoms with Gasteiger partial charge in [0.05, 0.1) is 6.42 Å². The van der Waals surface area contributed by atoms with Crippen LogP contribution in [0, 0.1) is 11.7 Å². The van der Waals surface area contributed by atoms with Crippen LogP contribution in [0.2, 0.25) is 0 Å². The second-order valence-electron chi connectivity index (χ2n) is 8.39. The predicted octanol–water partition coefficient (Wildman–Crippen LogP) is 3.70. The van der Waals surface area contributed by atoms with E-state index >= 15 is 0 Å². The molecule has 0 saturated heterocycles. The summed E-state index contributed by atoms with van der Waals surface area (Å²) in [6.07, 6.45) is 2.58. The van der Waals surface area contributed by atoms with Gasteiger partial charge in [-0.15, -0.1) is 0 Å². The summed E-state index contributed by atoms with van der Waals surface area (Å²) >= 11 is 0. The van der Waals surface area contributed by atoms with Crippen molar-refractivity contribution in [2.75, 3.05) is 0 Å². The number of fused-ring (bicyclic) bond motifs is 1. The van der Waals surface area contributed by atoms with Crippen molar-refractivity contribution in [1.29, 1.82) is 0 Å². The largest absolute Gasteiger partial charge is 0.481 e. The van der Waals surface area contributed by atoms with E-state index in [9.17, 15) is 19.1 Å². The van der Waals surface area contributed by atoms with Crippen molar-refractivity contribution < 1.29 is 23.8 Å². The molecule has 0 bridgehead atoms. The second kappa shape index (κ2) is 7.97. The van der Waals surface area contributed by atoms with Crippen molar-refractivity contribution in [3.63, 3.8) is 0 Å². The number of hydrogen-bond acceptors (Lipinski definition) is 4. The van der Waals surface area contributed by atoms with E-state index < -0.39 is 28.8 Å². The van der Waals surface area contributed by atoms with E-state index in [1.54, 1.807) is 20.8 Å². The summed E-state index contributed by atoms with van der Waals surface area (Å²) in [4.78, 5) is 25.1. The molecule has 5 nitrogen and oxygen atoms in total. The van der Waals surface area contributed by atoms with Crippen LogP contribution >= 0.6 is 0 Å². The molecule has 1 aliphatic rings. The van der Waals surface area contributed by atoms with Crippen LogP contribution in [0.3, 0.4) is 0 Å². The highest BCUT2D eigenvalue weighted by Gasteiger charge is 2.54. The summed E-state index contributed by atoms with van der Waals surface area (Å²) in [5.41, 5.74) is 4.93. The molecular formula is C21H30FNO4. The Kier molecular flexibility index (Phi) is 6.30. The number of esters is 1. The molecule has 0 heterocycles. The summed E-state index contributed by atoms with van der Waals surface area (Å²) in [7, 11) is 0. The molecule has 0 fully saturated rings. The Balaban J connectivity index is 2.55. The number of carbonyl (C=O) groups is 2. The number of ether oxygens (including phenoxy) is 1. The van der Waals surface area contributed by atoms with Gasteiger partial charge in [-0.3, -0.25) is 9.59 Å². The standard InChI is InChI=1S/C21H30FNO4/c1-5-6-7-15-8-13-10-17(22)14(12-23)9-16(13)21(15,19(25)26)11-18(24)27-20(2,3)4/h9-10,15H,5-8,11-12,23H2,1-4H3,(H,25,26)/t15-,21-/m0/s1. The van der Waals surface area contributed by atoms with Gasteiger partial charge in [-0.2, -0.15) is 0 Å². The fourth-order valence-electron chi connectivity index (χ4n) is 4.07. The number of unbranched alkanes of at least 4 members (excludes halogenated alkanes) is 1. The van der Waals surface area contributed by atoms with Crippen LogP contribution in [0.5, 0.6) is 0 Å². The van der Waals surface area contributed by atoms with Crippen LogP contribution in [0.15, 0.2) is 12.1 Å². The Morgan fingerprint density at radius 2 is 2.04 bits per heavy atom. The average molecular weight is 379 g/mol. The third-order valence-electron chi connectivity index (χ3n) is 5.27. The van der Waals surface area contributed by atoms with Crippen LogP contribution in [0.4, 0.5) is 4.39 Å². The molecule has 0 unspecified atom stereocenters. The Morgan fingerprint density at radius 3 is 2.56 bits per heavy atom. The maximum Gasteiger partial charge on any atom is 0.315 e. The highest BCUT2D eigenvalue weighted by Crippen LogP contribution is 2.49. The van der Waals surface area contributed by atoms with Crippen molar-refractivity contribution in [3.8, 4) is 0 Å². The zero-order chi connectivity index (χ0) is 20.4. The third-order valence-corrected chi connectivity index (χ3v) is 5.27. The Hall–Kier alpha value is -1.95. The van der Waals surface area contributed by atoms with E-state index in [2.05, 4.69) is 0 Å². The van der Waals surface area contributed by atoms with Crippen molar-refractivity contribution in [3.05, 3.63) is 34.6 Å². The number of carboxylic acids is 1. The SMILES string of the molecule is CCCC[C@H]1Cc2cc(F)c(CN)cc2[C@@]1(CC(=O)OC(C)(C)C)C(=O)O. The monoisotopic (exact) mass is 379 g/mol. The molecule has 2 rings (SSSR count). The van der Waals surface area contributed by atoms with Crippen molar-refractivity contribution in [2.45, 2.75) is 77.4 Å². The molecule has 6 heteroatoms. The smallest absolute Gasteiger partial charge is 0.315 e. The summed E-state index contributed by atoms with van der Waals surface area (Å²) in [5, 5.41) is 10.2. The van der Waals surface area contributed by atoms with Crippen LogP contribution in [-0.4, -0.2) is 22.6 Å². The zero-order valence-electron chi connectivity index (χ0n) is 16.6. The number of carboxylic acid groups (broad SMARTS) is 1. The zero-order valence-corrected chi connectivity index (χ0v) is 16.6. The highest BCUT2D eigenvalue weighted by atomic mass is 19.1. The highest BCUT2D eigenvalue weighted by molar-refractivity contribution is 5.89. The number of carbonyl (C=O) groups excluding carboxylic acids is 1. The summed E-state index contributed by atoms with van der Waals surface area (Å²) < 4.78 is 19.7. The Bertz CT molecular complexity index is 726. The lowest BCUT2D eigenvalue weighted by Crippen LogP contribution is -2.43. The predicted molar refractivity (Wildman–Crippen MR) is 101 cm³/mol. The van der Waals surface area contributed by atoms with Gasteiger partial charge in [-0.25, -0.2) is 4.39 Å². The molecule has 27 heavy (non-hydrogen) atoms. The van der Waals surface area contributed by atoms with Crippen molar-refractivity contribution in [1.82, 2.24) is 0 Å². The first-order valence-electron chi connectivity index (χ1n) is 9.52. The fourth-order valence-corrected chi connectivity index (χ4v) is 4.07. The van der Waals surface area contributed by atoms with Gasteiger partial charge < -0.3 is 15.6 Å². The lowest BCUT2D eigenvalue weighted by molar-refractivity contribution is -0.162. The lowest BCUT2D eigenvalue weighted by atomic mass is 9.70. The molecule has 3 N–H and O–H groups in total. The molecule has 150 valence electrons. The van der Waals surface area contributed by atoms with Crippen LogP contribution in [-0.2, 0) is 32.7 Å². The van der Waals surface area contributed by atoms with Gasteiger partial charge in [0.25, 0.3) is 0 Å². The van der Waals surface area contributed by atoms with E-state index in [1.807, 2.05) is 6.92 Å². The lowest BCUT2D eigenvalue weighted by Gasteiger charge is -2.33. The van der Waals surface area contributed by atoms with Gasteiger partial charge in [0.15, 0.2) is 0 Å². The van der Waals surface area contributed by atoms with E-state index in [0.29, 0.717) is 24.0 Å². The van der Waals surface area contributed by atoms with Gasteiger partial charge >= 0.3 is 11.9 Å². The summed E-state index contributed by atoms with van der Waals surface area (Å²) in [5.74, 6) is -2.34.